The van der Waals surface area contributed by atoms with Gasteiger partial charge >= 0.3 is 6.09 Å². The Bertz CT molecular complexity index is 1410. The fraction of sp³-hybridized carbons (Fsp3) is 0.346. The van der Waals surface area contributed by atoms with Crippen LogP contribution in [-0.2, 0) is 16.8 Å². The molecule has 2 N–H and O–H groups in total. The Morgan fingerprint density at radius 1 is 1.11 bits per heavy atom. The topological polar surface area (TPSA) is 111 Å². The van der Waals surface area contributed by atoms with Crippen LogP contribution in [0, 0.1) is 12.7 Å². The molecule has 3 aromatic rings. The number of imidazole rings is 1. The first-order valence-electron chi connectivity index (χ1n) is 11.7. The summed E-state index contributed by atoms with van der Waals surface area (Å²) in [7, 11) is 0. The lowest BCUT2D eigenvalue weighted by Crippen LogP contribution is -2.44. The number of anilines is 1. The first kappa shape index (κ1) is 26.8. The normalized spacial score (nSPS) is 17.0. The van der Waals surface area contributed by atoms with Crippen LogP contribution in [0.15, 0.2) is 47.7 Å². The van der Waals surface area contributed by atoms with Crippen molar-refractivity contribution in [3.8, 4) is 0 Å². The van der Waals surface area contributed by atoms with Crippen LogP contribution in [0.25, 0.3) is 0 Å². The maximum Gasteiger partial charge on any atom is 0.413 e. The molecule has 1 unspecified atom stereocenters. The van der Waals surface area contributed by atoms with Crippen LogP contribution < -0.4 is 10.6 Å². The van der Waals surface area contributed by atoms with Gasteiger partial charge in [-0.1, -0.05) is 6.07 Å². The highest BCUT2D eigenvalue weighted by Gasteiger charge is 2.39. The Kier molecular flexibility index (Phi) is 7.00. The zero-order valence-electron chi connectivity index (χ0n) is 21.5. The molecule has 1 atom stereocenters. The van der Waals surface area contributed by atoms with Crippen LogP contribution >= 0.6 is 0 Å². The number of aryl methyl sites for hydroxylation is 1. The Morgan fingerprint density at radius 2 is 1.84 bits per heavy atom. The second-order valence-electron chi connectivity index (χ2n) is 10.1. The van der Waals surface area contributed by atoms with Gasteiger partial charge in [0.1, 0.15) is 28.3 Å². The Labute approximate surface area is 217 Å². The summed E-state index contributed by atoms with van der Waals surface area (Å²) in [4.78, 5) is 37.8. The zero-order valence-corrected chi connectivity index (χ0v) is 21.5. The van der Waals surface area contributed by atoms with Crippen LogP contribution in [0.3, 0.4) is 0 Å². The van der Waals surface area contributed by atoms with E-state index in [2.05, 4.69) is 25.6 Å². The number of amidine groups is 1. The van der Waals surface area contributed by atoms with Gasteiger partial charge in [-0.05, 0) is 64.4 Å². The second-order valence-corrected chi connectivity index (χ2v) is 10.1. The predicted octanol–water partition coefficient (Wildman–Crippen LogP) is 5.12. The summed E-state index contributed by atoms with van der Waals surface area (Å²) in [6.07, 6.45) is -1.22. The number of alkyl halides is 2. The summed E-state index contributed by atoms with van der Waals surface area (Å²) in [6, 6.07) is 7.18. The highest BCUT2D eigenvalue weighted by Crippen LogP contribution is 2.37. The van der Waals surface area contributed by atoms with E-state index in [9.17, 15) is 18.4 Å². The number of hydrogen-bond acceptors (Lipinski definition) is 6. The van der Waals surface area contributed by atoms with Crippen LogP contribution in [0.4, 0.5) is 23.7 Å². The molecule has 1 aliphatic heterocycles. The first-order chi connectivity index (χ1) is 17.8. The van der Waals surface area contributed by atoms with E-state index >= 15 is 4.39 Å². The largest absolute Gasteiger partial charge is 0.444 e. The molecule has 0 fully saturated rings. The predicted molar refractivity (Wildman–Crippen MR) is 134 cm³/mol. The number of alkyl carbamates (subject to hydrolysis) is 1. The van der Waals surface area contributed by atoms with E-state index in [1.165, 1.54) is 23.6 Å². The Morgan fingerprint density at radius 3 is 2.47 bits per heavy atom. The number of rotatable bonds is 4. The smallest absolute Gasteiger partial charge is 0.413 e. The van der Waals surface area contributed by atoms with Gasteiger partial charge in [-0.25, -0.2) is 22.9 Å². The standard InChI is InChI=1S/C26H27F3N6O3/c1-14-6-9-18(30-11-14)23(36)32-15-7-8-17(27)16(10-15)26(5)13-35-19(20(28)29)12-31-22(35)21(34-26)33-24(37)38-25(2,3)4/h6-12,20H,13H2,1-5H3,(H,32,36)(H,33,34,37). The molecule has 0 aliphatic carbocycles. The molecule has 1 aliphatic rings. The number of halogens is 3. The lowest BCUT2D eigenvalue weighted by molar-refractivity contribution is 0.0562. The van der Waals surface area contributed by atoms with Gasteiger partial charge in [0, 0.05) is 17.4 Å². The molecule has 2 amide bonds. The molecule has 2 aromatic heterocycles. The van der Waals surface area contributed by atoms with Crippen molar-refractivity contribution in [2.45, 2.75) is 58.7 Å². The van der Waals surface area contributed by atoms with E-state index in [-0.39, 0.29) is 35.1 Å². The number of pyridine rings is 1. The van der Waals surface area contributed by atoms with E-state index in [0.29, 0.717) is 0 Å². The molecule has 3 heterocycles. The summed E-state index contributed by atoms with van der Waals surface area (Å²) in [5, 5.41) is 5.13. The monoisotopic (exact) mass is 528 g/mol. The third-order valence-corrected chi connectivity index (χ3v) is 5.71. The number of hydrogen-bond donors (Lipinski definition) is 2. The van der Waals surface area contributed by atoms with Gasteiger partial charge in [0.2, 0.25) is 0 Å². The summed E-state index contributed by atoms with van der Waals surface area (Å²) >= 11 is 0. The van der Waals surface area contributed by atoms with Crippen molar-refractivity contribution in [1.29, 1.82) is 0 Å². The average molecular weight is 529 g/mol. The molecular formula is C26H27F3N6O3. The van der Waals surface area contributed by atoms with Crippen molar-refractivity contribution in [1.82, 2.24) is 19.9 Å². The molecule has 9 nitrogen and oxygen atoms in total. The number of benzene rings is 1. The zero-order chi connectivity index (χ0) is 27.8. The molecule has 4 rings (SSSR count). The van der Waals surface area contributed by atoms with Gasteiger partial charge in [-0.3, -0.25) is 20.1 Å². The molecule has 0 saturated heterocycles. The first-order valence-corrected chi connectivity index (χ1v) is 11.7. The maximum atomic E-state index is 15.2. The molecule has 12 heteroatoms. The Hall–Kier alpha value is -4.22. The second kappa shape index (κ2) is 9.92. The van der Waals surface area contributed by atoms with Crippen molar-refractivity contribution in [3.63, 3.8) is 0 Å². The highest BCUT2D eigenvalue weighted by atomic mass is 19.3. The average Bonchev–Trinajstić information content (AvgIpc) is 3.23. The minimum absolute atomic E-state index is 0.00946. The number of nitrogens with zero attached hydrogens (tertiary/aromatic N) is 4. The van der Waals surface area contributed by atoms with E-state index in [1.54, 1.807) is 39.1 Å². The maximum absolute atomic E-state index is 15.2. The summed E-state index contributed by atoms with van der Waals surface area (Å²) in [5.74, 6) is -1.36. The quantitative estimate of drug-likeness (QED) is 0.489. The highest BCUT2D eigenvalue weighted by molar-refractivity contribution is 6.05. The number of carbonyl (C=O) groups is 2. The van der Waals surface area contributed by atoms with Gasteiger partial charge in [-0.2, -0.15) is 0 Å². The van der Waals surface area contributed by atoms with E-state index in [1.807, 2.05) is 6.92 Å². The van der Waals surface area contributed by atoms with Crippen LogP contribution in [0.2, 0.25) is 0 Å². The fourth-order valence-electron chi connectivity index (χ4n) is 4.00. The Balaban J connectivity index is 1.72. The van der Waals surface area contributed by atoms with Crippen LogP contribution in [0.1, 0.15) is 67.3 Å². The number of carbonyl (C=O) groups excluding carboxylic acids is 2. The molecule has 1 aromatic carbocycles. The third-order valence-electron chi connectivity index (χ3n) is 5.71. The number of amides is 2. The van der Waals surface area contributed by atoms with Crippen molar-refractivity contribution in [2.75, 3.05) is 5.32 Å². The molecule has 200 valence electrons. The summed E-state index contributed by atoms with van der Waals surface area (Å²) in [5.41, 5.74) is -1.41. The van der Waals surface area contributed by atoms with E-state index < -0.39 is 41.1 Å². The summed E-state index contributed by atoms with van der Waals surface area (Å²) < 4.78 is 49.2. The molecule has 38 heavy (non-hydrogen) atoms. The van der Waals surface area contributed by atoms with Crippen LogP contribution in [-0.4, -0.2) is 38.0 Å². The van der Waals surface area contributed by atoms with Gasteiger partial charge < -0.3 is 14.6 Å². The molecule has 0 saturated carbocycles. The molecule has 0 radical (unpaired) electrons. The fourth-order valence-corrected chi connectivity index (χ4v) is 4.00. The van der Waals surface area contributed by atoms with E-state index in [0.717, 1.165) is 17.8 Å². The lowest BCUT2D eigenvalue weighted by Gasteiger charge is -2.33. The van der Waals surface area contributed by atoms with Gasteiger partial charge in [-0.15, -0.1) is 0 Å². The van der Waals surface area contributed by atoms with E-state index in [4.69, 9.17) is 4.74 Å². The van der Waals surface area contributed by atoms with Crippen LogP contribution in [0.5, 0.6) is 0 Å². The third kappa shape index (κ3) is 5.68. The van der Waals surface area contributed by atoms with Crippen molar-refractivity contribution in [3.05, 3.63) is 76.9 Å². The molecular weight excluding hydrogens is 501 g/mol. The SMILES string of the molecule is Cc1ccc(C(=O)Nc2ccc(F)c(C3(C)Cn4c(C(F)F)cnc4C(NC(=O)OC(C)(C)C)=N3)c2)nc1. The number of fused-ring (bicyclic) bond motifs is 1. The minimum Gasteiger partial charge on any atom is -0.444 e. The van der Waals surface area contributed by atoms with Gasteiger partial charge in [0.15, 0.2) is 11.7 Å². The number of aromatic nitrogens is 3. The van der Waals surface area contributed by atoms with Crippen molar-refractivity contribution in [2.24, 2.45) is 4.99 Å². The minimum atomic E-state index is -2.88. The molecule has 0 spiro atoms. The van der Waals surface area contributed by atoms with Gasteiger partial charge in [0.05, 0.1) is 12.7 Å². The number of aliphatic imine (C=N–C) groups is 1. The number of ether oxygens (including phenoxy) is 1. The van der Waals surface area contributed by atoms with Crippen molar-refractivity contribution >= 4 is 23.5 Å². The summed E-state index contributed by atoms with van der Waals surface area (Å²) in [6.45, 7) is 8.16. The number of nitrogens with one attached hydrogen (secondary N) is 2. The lowest BCUT2D eigenvalue weighted by atomic mass is 9.90. The van der Waals surface area contributed by atoms with Gasteiger partial charge in [0.25, 0.3) is 12.3 Å². The van der Waals surface area contributed by atoms with Crippen molar-refractivity contribution < 1.29 is 27.5 Å². The molecule has 0 bridgehead atoms.